The van der Waals surface area contributed by atoms with Crippen molar-refractivity contribution in [3.8, 4) is 10.4 Å². The number of fused-ring (bicyclic) bond motifs is 1. The van der Waals surface area contributed by atoms with Gasteiger partial charge in [-0.2, -0.15) is 8.42 Å². The molecule has 0 spiro atoms. The van der Waals surface area contributed by atoms with Crippen molar-refractivity contribution in [2.24, 2.45) is 4.40 Å². The average Bonchev–Trinajstić information content (AvgIpc) is 3.14. The van der Waals surface area contributed by atoms with Gasteiger partial charge in [0.1, 0.15) is 10.7 Å². The third-order valence-corrected chi connectivity index (χ3v) is 7.00. The van der Waals surface area contributed by atoms with Crippen LogP contribution in [0.5, 0.6) is 0 Å². The molecular weight excluding hydrogens is 438 g/mol. The Morgan fingerprint density at radius 2 is 2.00 bits per heavy atom. The van der Waals surface area contributed by atoms with Crippen LogP contribution in [0.4, 0.5) is 10.8 Å². The number of aromatic nitrogens is 2. The van der Waals surface area contributed by atoms with Gasteiger partial charge in [-0.05, 0) is 44.5 Å². The largest absolute Gasteiger partial charge is 0.342 e. The van der Waals surface area contributed by atoms with E-state index in [1.165, 1.54) is 28.0 Å². The van der Waals surface area contributed by atoms with E-state index < -0.39 is 15.9 Å². The number of nitrogens with zero attached hydrogens (tertiary/aromatic N) is 3. The van der Waals surface area contributed by atoms with Crippen LogP contribution in [0.3, 0.4) is 0 Å². The Balaban J connectivity index is 1.56. The fourth-order valence-corrected chi connectivity index (χ4v) is 5.09. The van der Waals surface area contributed by atoms with Gasteiger partial charge in [0.15, 0.2) is 5.13 Å². The van der Waals surface area contributed by atoms with Crippen LogP contribution in [0, 0.1) is 0 Å². The van der Waals surface area contributed by atoms with Crippen LogP contribution in [0.15, 0.2) is 56.8 Å². The molecule has 160 valence electrons. The molecule has 1 aliphatic heterocycles. The summed E-state index contributed by atoms with van der Waals surface area (Å²) >= 11 is 1.24. The van der Waals surface area contributed by atoms with Crippen molar-refractivity contribution < 1.29 is 13.2 Å². The first-order valence-corrected chi connectivity index (χ1v) is 11.6. The molecule has 11 heteroatoms. The van der Waals surface area contributed by atoms with Crippen LogP contribution in [-0.4, -0.2) is 29.7 Å². The van der Waals surface area contributed by atoms with E-state index in [-0.39, 0.29) is 22.1 Å². The number of thiazole rings is 1. The summed E-state index contributed by atoms with van der Waals surface area (Å²) in [6, 6.07) is 7.75. The highest BCUT2D eigenvalue weighted by Gasteiger charge is 2.24. The normalized spacial score (nSPS) is 14.5. The zero-order valence-electron chi connectivity index (χ0n) is 16.9. The highest BCUT2D eigenvalue weighted by atomic mass is 32.2. The topological polar surface area (TPSA) is 123 Å². The number of carbonyl (C=O) groups excluding carboxylic acids is 1. The molecular formula is C20H19N5O4S2. The lowest BCUT2D eigenvalue weighted by molar-refractivity contribution is 0.102. The van der Waals surface area contributed by atoms with Crippen molar-refractivity contribution >= 4 is 43.9 Å². The van der Waals surface area contributed by atoms with Gasteiger partial charge in [-0.15, -0.1) is 4.40 Å². The molecule has 2 N–H and O–H groups in total. The van der Waals surface area contributed by atoms with E-state index in [0.717, 1.165) is 10.4 Å². The summed E-state index contributed by atoms with van der Waals surface area (Å²) in [6.45, 7) is 5.35. The van der Waals surface area contributed by atoms with E-state index in [4.69, 9.17) is 0 Å². The van der Waals surface area contributed by atoms with Crippen LogP contribution in [0.25, 0.3) is 10.4 Å². The maximum atomic E-state index is 12.5. The predicted octanol–water partition coefficient (Wildman–Crippen LogP) is 3.34. The second-order valence-corrected chi connectivity index (χ2v) is 9.83. The molecule has 3 aromatic rings. The van der Waals surface area contributed by atoms with Gasteiger partial charge < -0.3 is 9.88 Å². The first-order chi connectivity index (χ1) is 14.6. The van der Waals surface area contributed by atoms with Gasteiger partial charge in [0.05, 0.1) is 10.6 Å². The average molecular weight is 458 g/mol. The van der Waals surface area contributed by atoms with Crippen molar-refractivity contribution in [1.29, 1.82) is 0 Å². The standard InChI is InChI=1S/C20H19N5O4S2/c1-11(2)25-7-6-14(9-18(25)26)19(27)23-20-21-10-16(30-20)13-4-5-17-15(8-13)22-12(3)24-31(17,28)29/h4-11H,1-3H3,(H,22,24)(H,21,23,27). The number of sulfonamides is 1. The molecule has 0 aliphatic carbocycles. The molecule has 0 saturated carbocycles. The minimum atomic E-state index is -3.71. The highest BCUT2D eigenvalue weighted by Crippen LogP contribution is 2.35. The Labute approximate surface area is 182 Å². The first kappa shape index (κ1) is 20.9. The summed E-state index contributed by atoms with van der Waals surface area (Å²) in [6.07, 6.45) is 3.19. The molecule has 0 saturated heterocycles. The Kier molecular flexibility index (Phi) is 5.23. The molecule has 0 radical (unpaired) electrons. The van der Waals surface area contributed by atoms with Crippen LogP contribution in [0.1, 0.15) is 37.2 Å². The third kappa shape index (κ3) is 4.14. The fourth-order valence-electron chi connectivity index (χ4n) is 3.15. The molecule has 31 heavy (non-hydrogen) atoms. The van der Waals surface area contributed by atoms with Crippen LogP contribution in [-0.2, 0) is 10.0 Å². The SMILES string of the molecule is CC1=NS(=O)(=O)c2ccc(-c3cnc(NC(=O)c4ccn(C(C)C)c(=O)c4)s3)cc2N1. The molecule has 4 rings (SSSR count). The summed E-state index contributed by atoms with van der Waals surface area (Å²) in [5.41, 5.74) is 1.18. The summed E-state index contributed by atoms with van der Waals surface area (Å²) in [5, 5.41) is 6.02. The molecule has 1 aromatic carbocycles. The Hall–Kier alpha value is -3.31. The minimum absolute atomic E-state index is 0.00212. The summed E-state index contributed by atoms with van der Waals surface area (Å²) in [7, 11) is -3.71. The van der Waals surface area contributed by atoms with E-state index in [9.17, 15) is 18.0 Å². The lowest BCUT2D eigenvalue weighted by Gasteiger charge is -2.16. The molecule has 1 aliphatic rings. The zero-order valence-corrected chi connectivity index (χ0v) is 18.5. The molecule has 0 unspecified atom stereocenters. The number of benzene rings is 1. The maximum Gasteiger partial charge on any atom is 0.286 e. The number of nitrogens with one attached hydrogen (secondary N) is 2. The fraction of sp³-hybridized carbons (Fsp3) is 0.200. The van der Waals surface area contributed by atoms with Gasteiger partial charge in [0.25, 0.3) is 21.5 Å². The van der Waals surface area contributed by atoms with E-state index in [1.807, 2.05) is 13.8 Å². The molecule has 0 fully saturated rings. The van der Waals surface area contributed by atoms with E-state index >= 15 is 0 Å². The summed E-state index contributed by atoms with van der Waals surface area (Å²) in [4.78, 5) is 29.7. The molecule has 2 aromatic heterocycles. The highest BCUT2D eigenvalue weighted by molar-refractivity contribution is 7.90. The zero-order chi connectivity index (χ0) is 22.3. The van der Waals surface area contributed by atoms with Crippen molar-refractivity contribution in [3.63, 3.8) is 0 Å². The molecule has 0 atom stereocenters. The Morgan fingerprint density at radius 3 is 2.71 bits per heavy atom. The van der Waals surface area contributed by atoms with Gasteiger partial charge in [-0.3, -0.25) is 14.9 Å². The summed E-state index contributed by atoms with van der Waals surface area (Å²) in [5.74, 6) is -0.139. The maximum absolute atomic E-state index is 12.5. The van der Waals surface area contributed by atoms with Crippen molar-refractivity contribution in [1.82, 2.24) is 9.55 Å². The number of anilines is 2. The van der Waals surface area contributed by atoms with Gasteiger partial charge in [-0.1, -0.05) is 17.4 Å². The number of amides is 1. The van der Waals surface area contributed by atoms with E-state index in [2.05, 4.69) is 20.0 Å². The number of hydrogen-bond donors (Lipinski definition) is 2. The lowest BCUT2D eigenvalue weighted by atomic mass is 10.2. The van der Waals surface area contributed by atoms with Gasteiger partial charge in [-0.25, -0.2) is 4.98 Å². The van der Waals surface area contributed by atoms with Crippen LogP contribution < -0.4 is 16.2 Å². The second-order valence-electron chi connectivity index (χ2n) is 7.23. The predicted molar refractivity (Wildman–Crippen MR) is 121 cm³/mol. The number of rotatable bonds is 4. The number of pyridine rings is 1. The summed E-state index contributed by atoms with van der Waals surface area (Å²) < 4.78 is 29.5. The molecule has 0 bridgehead atoms. The molecule has 3 heterocycles. The second kappa shape index (κ2) is 7.75. The lowest BCUT2D eigenvalue weighted by Crippen LogP contribution is -2.23. The molecule has 1 amide bonds. The Morgan fingerprint density at radius 1 is 1.23 bits per heavy atom. The van der Waals surface area contributed by atoms with E-state index in [0.29, 0.717) is 16.7 Å². The number of hydrogen-bond acceptors (Lipinski definition) is 7. The van der Waals surface area contributed by atoms with Gasteiger partial charge in [0, 0.05) is 30.1 Å². The number of carbonyl (C=O) groups is 1. The van der Waals surface area contributed by atoms with Crippen LogP contribution >= 0.6 is 11.3 Å². The van der Waals surface area contributed by atoms with E-state index in [1.54, 1.807) is 37.5 Å². The van der Waals surface area contributed by atoms with Gasteiger partial charge in [0.2, 0.25) is 0 Å². The quantitative estimate of drug-likeness (QED) is 0.620. The van der Waals surface area contributed by atoms with Gasteiger partial charge >= 0.3 is 0 Å². The van der Waals surface area contributed by atoms with Crippen molar-refractivity contribution in [3.05, 3.63) is 58.6 Å². The smallest absolute Gasteiger partial charge is 0.286 e. The van der Waals surface area contributed by atoms with Crippen molar-refractivity contribution in [2.75, 3.05) is 10.6 Å². The first-order valence-electron chi connectivity index (χ1n) is 9.36. The minimum Gasteiger partial charge on any atom is -0.342 e. The number of amidine groups is 1. The third-order valence-electron chi connectivity index (χ3n) is 4.61. The Bertz CT molecular complexity index is 1390. The monoisotopic (exact) mass is 457 g/mol. The van der Waals surface area contributed by atoms with Crippen LogP contribution in [0.2, 0.25) is 0 Å². The molecule has 9 nitrogen and oxygen atoms in total. The van der Waals surface area contributed by atoms with Crippen molar-refractivity contribution in [2.45, 2.75) is 31.7 Å².